The highest BCUT2D eigenvalue weighted by molar-refractivity contribution is 6.31. The number of nitro benzene ring substituents is 1. The molecule has 0 spiro atoms. The number of nitrogens with zero attached hydrogens (tertiary/aromatic N) is 1. The Bertz CT molecular complexity index is 659. The smallest absolute Gasteiger partial charge is 0.277 e. The van der Waals surface area contributed by atoms with E-state index in [0.717, 1.165) is 5.56 Å². The number of halogens is 1. The van der Waals surface area contributed by atoms with Gasteiger partial charge in [0.05, 0.1) is 15.5 Å². The maximum absolute atomic E-state index is 11.0. The highest BCUT2D eigenvalue weighted by atomic mass is 35.5. The molecule has 0 aliphatic carbocycles. The van der Waals surface area contributed by atoms with Crippen molar-refractivity contribution >= 4 is 17.3 Å². The maximum Gasteiger partial charge on any atom is 0.277 e. The first kappa shape index (κ1) is 15.3. The topological polar surface area (TPSA) is 78.4 Å². The molecular weight excluding hydrogens is 292 g/mol. The highest BCUT2D eigenvalue weighted by Crippen LogP contribution is 2.29. The summed E-state index contributed by atoms with van der Waals surface area (Å²) >= 11 is 6.03. The van der Waals surface area contributed by atoms with E-state index in [9.17, 15) is 10.1 Å². The molecule has 0 heterocycles. The van der Waals surface area contributed by atoms with Crippen LogP contribution in [0.2, 0.25) is 5.02 Å². The van der Waals surface area contributed by atoms with Crippen molar-refractivity contribution in [3.8, 4) is 5.75 Å². The number of rotatable bonds is 5. The lowest BCUT2D eigenvalue weighted by molar-refractivity contribution is -0.385. The molecule has 2 aromatic carbocycles. The van der Waals surface area contributed by atoms with Crippen LogP contribution in [-0.2, 0) is 6.61 Å². The molecule has 21 heavy (non-hydrogen) atoms. The van der Waals surface area contributed by atoms with E-state index in [-0.39, 0.29) is 18.3 Å². The monoisotopic (exact) mass is 306 g/mol. The first-order chi connectivity index (χ1) is 10.0. The second kappa shape index (κ2) is 6.56. The summed E-state index contributed by atoms with van der Waals surface area (Å²) in [5.41, 5.74) is 7.01. The summed E-state index contributed by atoms with van der Waals surface area (Å²) in [6.07, 6.45) is 0. The van der Waals surface area contributed by atoms with E-state index in [4.69, 9.17) is 22.1 Å². The van der Waals surface area contributed by atoms with Crippen LogP contribution < -0.4 is 10.5 Å². The molecule has 1 atom stereocenters. The van der Waals surface area contributed by atoms with E-state index in [1.54, 1.807) is 18.2 Å². The van der Waals surface area contributed by atoms with E-state index in [1.165, 1.54) is 6.07 Å². The molecule has 5 nitrogen and oxygen atoms in total. The van der Waals surface area contributed by atoms with Crippen molar-refractivity contribution in [2.24, 2.45) is 5.73 Å². The van der Waals surface area contributed by atoms with Crippen LogP contribution in [0.15, 0.2) is 42.5 Å². The fraction of sp³-hybridized carbons (Fsp3) is 0.200. The Hall–Kier alpha value is -2.11. The lowest BCUT2D eigenvalue weighted by atomic mass is 10.1. The average Bonchev–Trinajstić information content (AvgIpc) is 2.45. The van der Waals surface area contributed by atoms with Gasteiger partial charge < -0.3 is 10.5 Å². The third-order valence-corrected chi connectivity index (χ3v) is 3.43. The number of benzene rings is 2. The van der Waals surface area contributed by atoms with Gasteiger partial charge in [-0.15, -0.1) is 0 Å². The number of ether oxygens (including phenoxy) is 1. The zero-order valence-electron chi connectivity index (χ0n) is 11.5. The van der Waals surface area contributed by atoms with Gasteiger partial charge in [0.2, 0.25) is 0 Å². The molecule has 0 saturated carbocycles. The Morgan fingerprint density at radius 1 is 1.29 bits per heavy atom. The fourth-order valence-corrected chi connectivity index (χ4v) is 2.22. The van der Waals surface area contributed by atoms with Gasteiger partial charge in [-0.05, 0) is 19.1 Å². The van der Waals surface area contributed by atoms with Gasteiger partial charge in [0.15, 0.2) is 0 Å². The zero-order valence-corrected chi connectivity index (χ0v) is 12.2. The number of para-hydroxylation sites is 1. The summed E-state index contributed by atoms with van der Waals surface area (Å²) in [6.45, 7) is 1.86. The maximum atomic E-state index is 11.0. The summed E-state index contributed by atoms with van der Waals surface area (Å²) in [5, 5.41) is 11.3. The molecule has 0 fully saturated rings. The van der Waals surface area contributed by atoms with Gasteiger partial charge in [0.25, 0.3) is 5.69 Å². The summed E-state index contributed by atoms with van der Waals surface area (Å²) in [4.78, 5) is 10.6. The lowest BCUT2D eigenvalue weighted by Crippen LogP contribution is -2.08. The van der Waals surface area contributed by atoms with Crippen molar-refractivity contribution < 1.29 is 9.66 Å². The van der Waals surface area contributed by atoms with Gasteiger partial charge in [0.1, 0.15) is 12.4 Å². The van der Waals surface area contributed by atoms with E-state index in [2.05, 4.69) is 0 Å². The number of hydrogen-bond donors (Lipinski definition) is 1. The third-order valence-electron chi connectivity index (χ3n) is 3.07. The SMILES string of the molecule is C[C@@H](N)c1ccccc1OCc1c(Cl)cccc1[N+](=O)[O-]. The Labute approximate surface area is 127 Å². The summed E-state index contributed by atoms with van der Waals surface area (Å²) in [7, 11) is 0. The Kier molecular flexibility index (Phi) is 4.77. The van der Waals surface area contributed by atoms with Crippen LogP contribution in [0.4, 0.5) is 5.69 Å². The summed E-state index contributed by atoms with van der Waals surface area (Å²) in [5.74, 6) is 0.599. The van der Waals surface area contributed by atoms with Crippen molar-refractivity contribution in [3.05, 3.63) is 68.7 Å². The van der Waals surface area contributed by atoms with E-state index >= 15 is 0 Å². The Morgan fingerprint density at radius 2 is 2.00 bits per heavy atom. The van der Waals surface area contributed by atoms with Gasteiger partial charge in [-0.2, -0.15) is 0 Å². The van der Waals surface area contributed by atoms with Gasteiger partial charge in [0, 0.05) is 17.7 Å². The van der Waals surface area contributed by atoms with Crippen molar-refractivity contribution in [2.45, 2.75) is 19.6 Å². The van der Waals surface area contributed by atoms with E-state index in [0.29, 0.717) is 16.3 Å². The molecule has 0 bridgehead atoms. The van der Waals surface area contributed by atoms with Gasteiger partial charge >= 0.3 is 0 Å². The molecule has 6 heteroatoms. The van der Waals surface area contributed by atoms with Crippen LogP contribution in [0.25, 0.3) is 0 Å². The van der Waals surface area contributed by atoms with Crippen LogP contribution in [0.3, 0.4) is 0 Å². The predicted molar refractivity (Wildman–Crippen MR) is 81.5 cm³/mol. The molecular formula is C15H15ClN2O3. The molecule has 0 amide bonds. The second-order valence-corrected chi connectivity index (χ2v) is 5.02. The normalized spacial score (nSPS) is 12.0. The molecule has 0 aliphatic heterocycles. The second-order valence-electron chi connectivity index (χ2n) is 4.61. The molecule has 0 unspecified atom stereocenters. The average molecular weight is 307 g/mol. The molecule has 0 aliphatic rings. The van der Waals surface area contributed by atoms with Crippen LogP contribution in [-0.4, -0.2) is 4.92 Å². The molecule has 2 N–H and O–H groups in total. The Balaban J connectivity index is 2.27. The number of hydrogen-bond acceptors (Lipinski definition) is 4. The van der Waals surface area contributed by atoms with Crippen LogP contribution in [0.1, 0.15) is 24.1 Å². The molecule has 0 aromatic heterocycles. The number of nitro groups is 1. The highest BCUT2D eigenvalue weighted by Gasteiger charge is 2.18. The van der Waals surface area contributed by atoms with Crippen LogP contribution >= 0.6 is 11.6 Å². The molecule has 2 aromatic rings. The first-order valence-corrected chi connectivity index (χ1v) is 6.77. The van der Waals surface area contributed by atoms with E-state index in [1.807, 2.05) is 25.1 Å². The van der Waals surface area contributed by atoms with Gasteiger partial charge in [-0.1, -0.05) is 35.9 Å². The van der Waals surface area contributed by atoms with Crippen LogP contribution in [0.5, 0.6) is 5.75 Å². The van der Waals surface area contributed by atoms with Gasteiger partial charge in [-0.25, -0.2) is 0 Å². The first-order valence-electron chi connectivity index (χ1n) is 6.39. The minimum absolute atomic E-state index is 0.0136. The van der Waals surface area contributed by atoms with Crippen molar-refractivity contribution in [3.63, 3.8) is 0 Å². The van der Waals surface area contributed by atoms with E-state index < -0.39 is 4.92 Å². The quantitative estimate of drug-likeness (QED) is 0.672. The summed E-state index contributed by atoms with van der Waals surface area (Å²) in [6, 6.07) is 11.7. The largest absolute Gasteiger partial charge is 0.488 e. The molecule has 110 valence electrons. The number of nitrogens with two attached hydrogens (primary N) is 1. The standard InChI is InChI=1S/C15H15ClN2O3/c1-10(17)11-5-2-3-8-15(11)21-9-12-13(16)6-4-7-14(12)18(19)20/h2-8,10H,9,17H2,1H3/t10-/m1/s1. The lowest BCUT2D eigenvalue weighted by Gasteiger charge is -2.14. The van der Waals surface area contributed by atoms with Crippen LogP contribution in [0, 0.1) is 10.1 Å². The molecule has 0 saturated heterocycles. The summed E-state index contributed by atoms with van der Waals surface area (Å²) < 4.78 is 5.69. The Morgan fingerprint density at radius 3 is 2.67 bits per heavy atom. The van der Waals surface area contributed by atoms with Gasteiger partial charge in [-0.3, -0.25) is 10.1 Å². The van der Waals surface area contributed by atoms with Crippen molar-refractivity contribution in [1.82, 2.24) is 0 Å². The fourth-order valence-electron chi connectivity index (χ4n) is 2.00. The molecule has 0 radical (unpaired) electrons. The minimum atomic E-state index is -0.470. The van der Waals surface area contributed by atoms with Crippen molar-refractivity contribution in [2.75, 3.05) is 0 Å². The minimum Gasteiger partial charge on any atom is -0.488 e. The zero-order chi connectivity index (χ0) is 15.4. The third kappa shape index (κ3) is 3.51. The predicted octanol–water partition coefficient (Wildman–Crippen LogP) is 3.85. The molecule has 2 rings (SSSR count). The van der Waals surface area contributed by atoms with Crippen molar-refractivity contribution in [1.29, 1.82) is 0 Å².